The number of rotatable bonds is 4. The molecule has 0 unspecified atom stereocenters. The zero-order valence-electron chi connectivity index (χ0n) is 11.2. The normalized spacial score (nSPS) is 14.1. The van der Waals surface area contributed by atoms with Crippen molar-refractivity contribution in [1.82, 2.24) is 0 Å². The first kappa shape index (κ1) is 13.6. The van der Waals surface area contributed by atoms with Crippen molar-refractivity contribution in [3.8, 4) is 0 Å². The van der Waals surface area contributed by atoms with Crippen LogP contribution in [-0.4, -0.2) is 17.2 Å². The summed E-state index contributed by atoms with van der Waals surface area (Å²) in [6.07, 6.45) is -0.691. The molecular formula is C16H18O3. The number of carbonyl (C=O) groups is 1. The van der Waals surface area contributed by atoms with Crippen molar-refractivity contribution in [1.29, 1.82) is 0 Å². The van der Waals surface area contributed by atoms with Crippen LogP contribution in [0.3, 0.4) is 0 Å². The van der Waals surface area contributed by atoms with E-state index >= 15 is 0 Å². The van der Waals surface area contributed by atoms with Gasteiger partial charge < -0.3 is 9.84 Å². The Labute approximate surface area is 112 Å². The quantitative estimate of drug-likeness (QED) is 0.858. The standard InChI is InChI=1S/C16H18O3/c1-11(12(2)17)16(18)19-10-13-7-8-14-5-3-4-6-15(14)9-13/h3-9,11-12,17H,10H2,1-2H3/t11-,12+/m1/s1. The fraction of sp³-hybridized carbons (Fsp3) is 0.312. The summed E-state index contributed by atoms with van der Waals surface area (Å²) in [7, 11) is 0. The van der Waals surface area contributed by atoms with Crippen molar-refractivity contribution in [3.05, 3.63) is 48.0 Å². The van der Waals surface area contributed by atoms with Crippen LogP contribution in [0.25, 0.3) is 10.8 Å². The van der Waals surface area contributed by atoms with E-state index in [1.807, 2.05) is 42.5 Å². The van der Waals surface area contributed by atoms with E-state index in [4.69, 9.17) is 4.74 Å². The van der Waals surface area contributed by atoms with Crippen LogP contribution in [0.15, 0.2) is 42.5 Å². The van der Waals surface area contributed by atoms with E-state index in [1.165, 1.54) is 0 Å². The van der Waals surface area contributed by atoms with Gasteiger partial charge in [0.25, 0.3) is 0 Å². The lowest BCUT2D eigenvalue weighted by Gasteiger charge is -2.13. The lowest BCUT2D eigenvalue weighted by Crippen LogP contribution is -2.24. The lowest BCUT2D eigenvalue weighted by atomic mass is 10.1. The summed E-state index contributed by atoms with van der Waals surface area (Å²) in [5.41, 5.74) is 0.949. The van der Waals surface area contributed by atoms with Crippen LogP contribution in [0.5, 0.6) is 0 Å². The maximum absolute atomic E-state index is 11.6. The molecule has 2 rings (SSSR count). The molecule has 100 valence electrons. The van der Waals surface area contributed by atoms with Crippen molar-refractivity contribution in [2.45, 2.75) is 26.6 Å². The van der Waals surface area contributed by atoms with E-state index in [2.05, 4.69) is 0 Å². The minimum atomic E-state index is -0.691. The minimum absolute atomic E-state index is 0.237. The predicted molar refractivity (Wildman–Crippen MR) is 74.6 cm³/mol. The first-order valence-corrected chi connectivity index (χ1v) is 6.40. The van der Waals surface area contributed by atoms with Gasteiger partial charge in [0.05, 0.1) is 12.0 Å². The molecular weight excluding hydrogens is 240 g/mol. The Hall–Kier alpha value is -1.87. The molecule has 2 aromatic rings. The fourth-order valence-electron chi connectivity index (χ4n) is 1.81. The largest absolute Gasteiger partial charge is 0.461 e. The predicted octanol–water partition coefficient (Wildman–Crippen LogP) is 2.90. The van der Waals surface area contributed by atoms with E-state index in [0.29, 0.717) is 0 Å². The minimum Gasteiger partial charge on any atom is -0.461 e. The van der Waals surface area contributed by atoms with Crippen molar-refractivity contribution in [2.75, 3.05) is 0 Å². The highest BCUT2D eigenvalue weighted by Gasteiger charge is 2.19. The monoisotopic (exact) mass is 258 g/mol. The zero-order chi connectivity index (χ0) is 13.8. The Morgan fingerprint density at radius 1 is 1.16 bits per heavy atom. The third-order valence-corrected chi connectivity index (χ3v) is 3.29. The second-order valence-corrected chi connectivity index (χ2v) is 4.82. The molecule has 19 heavy (non-hydrogen) atoms. The molecule has 0 saturated carbocycles. The van der Waals surface area contributed by atoms with Gasteiger partial charge in [0.1, 0.15) is 6.61 Å². The fourth-order valence-corrected chi connectivity index (χ4v) is 1.81. The average molecular weight is 258 g/mol. The van der Waals surface area contributed by atoms with Crippen molar-refractivity contribution in [2.24, 2.45) is 5.92 Å². The summed E-state index contributed by atoms with van der Waals surface area (Å²) < 4.78 is 5.20. The van der Waals surface area contributed by atoms with Crippen LogP contribution in [0.2, 0.25) is 0 Å². The summed E-state index contributed by atoms with van der Waals surface area (Å²) >= 11 is 0. The Bertz CT molecular complexity index is 575. The molecule has 0 fully saturated rings. The number of ether oxygens (including phenoxy) is 1. The Balaban J connectivity index is 2.04. The molecule has 0 aliphatic carbocycles. The number of carbonyl (C=O) groups excluding carboxylic acids is 1. The molecule has 3 nitrogen and oxygen atoms in total. The number of fused-ring (bicyclic) bond motifs is 1. The van der Waals surface area contributed by atoms with E-state index in [1.54, 1.807) is 13.8 Å². The molecule has 2 atom stereocenters. The molecule has 0 amide bonds. The molecule has 0 aromatic heterocycles. The molecule has 2 aromatic carbocycles. The van der Waals surface area contributed by atoms with Gasteiger partial charge in [-0.3, -0.25) is 4.79 Å². The van der Waals surface area contributed by atoms with Crippen molar-refractivity contribution < 1.29 is 14.6 Å². The highest BCUT2D eigenvalue weighted by atomic mass is 16.5. The first-order valence-electron chi connectivity index (χ1n) is 6.40. The van der Waals surface area contributed by atoms with E-state index in [0.717, 1.165) is 16.3 Å². The summed E-state index contributed by atoms with van der Waals surface area (Å²) in [4.78, 5) is 11.6. The maximum atomic E-state index is 11.6. The summed E-state index contributed by atoms with van der Waals surface area (Å²) in [5.74, 6) is -0.872. The van der Waals surface area contributed by atoms with Gasteiger partial charge in [-0.1, -0.05) is 36.4 Å². The smallest absolute Gasteiger partial charge is 0.311 e. The van der Waals surface area contributed by atoms with E-state index in [-0.39, 0.29) is 12.6 Å². The molecule has 0 aliphatic heterocycles. The van der Waals surface area contributed by atoms with Gasteiger partial charge >= 0.3 is 5.97 Å². The highest BCUT2D eigenvalue weighted by Crippen LogP contribution is 2.16. The number of aliphatic hydroxyl groups excluding tert-OH is 1. The second-order valence-electron chi connectivity index (χ2n) is 4.82. The number of aliphatic hydroxyl groups is 1. The van der Waals surface area contributed by atoms with Gasteiger partial charge in [-0.15, -0.1) is 0 Å². The van der Waals surface area contributed by atoms with E-state index in [9.17, 15) is 9.90 Å². The lowest BCUT2D eigenvalue weighted by molar-refractivity contribution is -0.152. The molecule has 0 heterocycles. The third-order valence-electron chi connectivity index (χ3n) is 3.29. The van der Waals surface area contributed by atoms with Gasteiger partial charge in [-0.25, -0.2) is 0 Å². The molecule has 0 bridgehead atoms. The van der Waals surface area contributed by atoms with Crippen LogP contribution in [0.1, 0.15) is 19.4 Å². The second kappa shape index (κ2) is 5.85. The van der Waals surface area contributed by atoms with Crippen LogP contribution in [0.4, 0.5) is 0 Å². The van der Waals surface area contributed by atoms with Crippen LogP contribution in [-0.2, 0) is 16.1 Å². The summed E-state index contributed by atoms with van der Waals surface area (Å²) in [6.45, 7) is 3.48. The average Bonchev–Trinajstić information content (AvgIpc) is 2.43. The number of hydrogen-bond donors (Lipinski definition) is 1. The van der Waals surface area contributed by atoms with Crippen LogP contribution >= 0.6 is 0 Å². The first-order chi connectivity index (χ1) is 9.08. The molecule has 1 N–H and O–H groups in total. The SMILES string of the molecule is C[C@H](O)[C@@H](C)C(=O)OCc1ccc2ccccc2c1. The number of esters is 1. The van der Waals surface area contributed by atoms with Gasteiger partial charge in [-0.2, -0.15) is 0 Å². The topological polar surface area (TPSA) is 46.5 Å². The molecule has 0 aliphatic rings. The Morgan fingerprint density at radius 3 is 2.53 bits per heavy atom. The molecule has 0 saturated heterocycles. The van der Waals surface area contributed by atoms with Crippen molar-refractivity contribution >= 4 is 16.7 Å². The molecule has 0 spiro atoms. The zero-order valence-corrected chi connectivity index (χ0v) is 11.2. The molecule has 3 heteroatoms. The van der Waals surface area contributed by atoms with Gasteiger partial charge in [0.15, 0.2) is 0 Å². The third kappa shape index (κ3) is 3.32. The highest BCUT2D eigenvalue weighted by molar-refractivity contribution is 5.83. The van der Waals surface area contributed by atoms with Gasteiger partial charge in [0.2, 0.25) is 0 Å². The Morgan fingerprint density at radius 2 is 1.84 bits per heavy atom. The summed E-state index contributed by atoms with van der Waals surface area (Å²) in [6, 6.07) is 14.0. The van der Waals surface area contributed by atoms with Crippen molar-refractivity contribution in [3.63, 3.8) is 0 Å². The molecule has 0 radical (unpaired) electrons. The van der Waals surface area contributed by atoms with Gasteiger partial charge in [-0.05, 0) is 36.2 Å². The Kier molecular flexibility index (Phi) is 4.17. The summed E-state index contributed by atoms with van der Waals surface area (Å²) in [5, 5.41) is 11.6. The van der Waals surface area contributed by atoms with Crippen LogP contribution < -0.4 is 0 Å². The number of benzene rings is 2. The van der Waals surface area contributed by atoms with E-state index < -0.39 is 12.0 Å². The van der Waals surface area contributed by atoms with Crippen LogP contribution in [0, 0.1) is 5.92 Å². The van der Waals surface area contributed by atoms with Gasteiger partial charge in [0, 0.05) is 0 Å². The maximum Gasteiger partial charge on any atom is 0.311 e. The number of hydrogen-bond acceptors (Lipinski definition) is 3.